The van der Waals surface area contributed by atoms with Gasteiger partial charge in [-0.3, -0.25) is 9.78 Å². The number of rotatable bonds is 4. The lowest BCUT2D eigenvalue weighted by molar-refractivity contribution is 0.723. The van der Waals surface area contributed by atoms with Crippen LogP contribution >= 0.6 is 0 Å². The Bertz CT molecular complexity index is 1380. The largest absolute Gasteiger partial charge is 0.353 e. The molecule has 3 heterocycles. The highest BCUT2D eigenvalue weighted by molar-refractivity contribution is 6.06. The first-order chi connectivity index (χ1) is 14.3. The van der Waals surface area contributed by atoms with Crippen LogP contribution in [-0.2, 0) is 6.54 Å². The molecule has 0 fully saturated rings. The molecule has 3 aromatic heterocycles. The second-order valence-corrected chi connectivity index (χ2v) is 7.23. The minimum Gasteiger partial charge on any atom is -0.353 e. The normalized spacial score (nSPS) is 11.3. The molecular formula is C25H21N3O. The Balaban J connectivity index is 1.72. The maximum atomic E-state index is 12.7. The van der Waals surface area contributed by atoms with Crippen molar-refractivity contribution >= 4 is 21.9 Å². The van der Waals surface area contributed by atoms with Crippen LogP contribution in [0.15, 0.2) is 83.8 Å². The fourth-order valence-corrected chi connectivity index (χ4v) is 4.04. The number of aromatic nitrogens is 3. The smallest absolute Gasteiger partial charge is 0.190 e. The lowest BCUT2D eigenvalue weighted by Gasteiger charge is -2.08. The van der Waals surface area contributed by atoms with Gasteiger partial charge in [-0.25, -0.2) is 0 Å². The Morgan fingerprint density at radius 1 is 0.897 bits per heavy atom. The van der Waals surface area contributed by atoms with E-state index < -0.39 is 0 Å². The van der Waals surface area contributed by atoms with Crippen molar-refractivity contribution in [2.75, 3.05) is 0 Å². The first kappa shape index (κ1) is 17.4. The van der Waals surface area contributed by atoms with Gasteiger partial charge in [0.15, 0.2) is 5.43 Å². The van der Waals surface area contributed by atoms with Gasteiger partial charge in [0.05, 0.1) is 27.6 Å². The Kier molecular flexibility index (Phi) is 4.24. The Morgan fingerprint density at radius 3 is 2.59 bits per heavy atom. The standard InChI is InChI=1S/C25H21N3O/c1-2-15-28-21-10-6-11-23(29)24(21)25-22(28)13-12-20(27-25)18-8-5-7-17(16-18)19-9-3-4-14-26-19/h3-14,16,27H,2,15H2,1H3. The van der Waals surface area contributed by atoms with Gasteiger partial charge < -0.3 is 9.55 Å². The predicted molar refractivity (Wildman–Crippen MR) is 119 cm³/mol. The van der Waals surface area contributed by atoms with Crippen LogP contribution in [0, 0.1) is 0 Å². The van der Waals surface area contributed by atoms with E-state index in [2.05, 4.69) is 51.8 Å². The summed E-state index contributed by atoms with van der Waals surface area (Å²) in [5.41, 5.74) is 7.06. The van der Waals surface area contributed by atoms with Gasteiger partial charge in [-0.1, -0.05) is 37.3 Å². The van der Waals surface area contributed by atoms with E-state index in [0.717, 1.165) is 57.4 Å². The summed E-state index contributed by atoms with van der Waals surface area (Å²) in [5.74, 6) is 0. The third-order valence-electron chi connectivity index (χ3n) is 5.34. The van der Waals surface area contributed by atoms with Gasteiger partial charge in [0, 0.05) is 24.0 Å². The van der Waals surface area contributed by atoms with Crippen LogP contribution in [-0.4, -0.2) is 14.5 Å². The van der Waals surface area contributed by atoms with Gasteiger partial charge in [-0.15, -0.1) is 0 Å². The number of hydrogen-bond acceptors (Lipinski definition) is 2. The zero-order chi connectivity index (χ0) is 19.8. The summed E-state index contributed by atoms with van der Waals surface area (Å²) in [7, 11) is 0. The van der Waals surface area contributed by atoms with Crippen LogP contribution in [0.1, 0.15) is 13.3 Å². The molecule has 2 aromatic carbocycles. The summed E-state index contributed by atoms with van der Waals surface area (Å²) in [6.45, 7) is 3.03. The number of H-pyrrole nitrogens is 1. The van der Waals surface area contributed by atoms with Crippen molar-refractivity contribution in [3.05, 3.63) is 89.2 Å². The van der Waals surface area contributed by atoms with Crippen molar-refractivity contribution in [2.24, 2.45) is 0 Å². The van der Waals surface area contributed by atoms with Crippen molar-refractivity contribution in [3.63, 3.8) is 0 Å². The van der Waals surface area contributed by atoms with Gasteiger partial charge >= 0.3 is 0 Å². The predicted octanol–water partition coefficient (Wildman–Crippen LogP) is 5.62. The highest BCUT2D eigenvalue weighted by Gasteiger charge is 2.14. The molecule has 0 aliphatic rings. The maximum absolute atomic E-state index is 12.7. The molecule has 0 aliphatic heterocycles. The SMILES string of the molecule is CCCn1c2ccc(-c3cccc(-c4ccccn4)c3)[nH]c2c2c(=O)cccc21. The van der Waals surface area contributed by atoms with Crippen LogP contribution in [0.3, 0.4) is 0 Å². The topological polar surface area (TPSA) is 50.7 Å². The highest BCUT2D eigenvalue weighted by Crippen LogP contribution is 2.30. The van der Waals surface area contributed by atoms with Crippen LogP contribution in [0.25, 0.3) is 44.5 Å². The number of aryl methyl sites for hydroxylation is 1. The first-order valence-corrected chi connectivity index (χ1v) is 9.92. The van der Waals surface area contributed by atoms with Crippen molar-refractivity contribution in [1.29, 1.82) is 0 Å². The summed E-state index contributed by atoms with van der Waals surface area (Å²) in [4.78, 5) is 20.7. The number of aromatic amines is 1. The number of nitrogens with one attached hydrogen (secondary N) is 1. The summed E-state index contributed by atoms with van der Waals surface area (Å²) >= 11 is 0. The number of nitrogens with zero attached hydrogens (tertiary/aromatic N) is 2. The molecule has 4 nitrogen and oxygen atoms in total. The second kappa shape index (κ2) is 7.06. The Hall–Kier alpha value is -3.66. The monoisotopic (exact) mass is 379 g/mol. The van der Waals surface area contributed by atoms with E-state index in [0.29, 0.717) is 0 Å². The lowest BCUT2D eigenvalue weighted by atomic mass is 10.0. The van der Waals surface area contributed by atoms with E-state index in [1.54, 1.807) is 12.3 Å². The van der Waals surface area contributed by atoms with Gasteiger partial charge in [-0.2, -0.15) is 0 Å². The quantitative estimate of drug-likeness (QED) is 0.440. The average molecular weight is 379 g/mol. The molecule has 5 aromatic rings. The molecule has 0 atom stereocenters. The van der Waals surface area contributed by atoms with Gasteiger partial charge in [0.2, 0.25) is 0 Å². The van der Waals surface area contributed by atoms with Crippen molar-refractivity contribution in [3.8, 4) is 22.5 Å². The molecule has 5 rings (SSSR count). The molecule has 29 heavy (non-hydrogen) atoms. The van der Waals surface area contributed by atoms with E-state index in [-0.39, 0.29) is 5.43 Å². The van der Waals surface area contributed by atoms with Crippen LogP contribution < -0.4 is 5.43 Å². The molecule has 0 radical (unpaired) electrons. The third-order valence-corrected chi connectivity index (χ3v) is 5.34. The number of fused-ring (bicyclic) bond motifs is 3. The van der Waals surface area contributed by atoms with Crippen LogP contribution in [0.4, 0.5) is 0 Å². The fourth-order valence-electron chi connectivity index (χ4n) is 4.04. The number of hydrogen-bond donors (Lipinski definition) is 1. The van der Waals surface area contributed by atoms with Gasteiger partial charge in [0.1, 0.15) is 0 Å². The lowest BCUT2D eigenvalue weighted by Crippen LogP contribution is -1.99. The van der Waals surface area contributed by atoms with E-state index in [9.17, 15) is 4.79 Å². The van der Waals surface area contributed by atoms with Gasteiger partial charge in [-0.05, 0) is 54.4 Å². The zero-order valence-corrected chi connectivity index (χ0v) is 16.2. The number of pyridine rings is 2. The summed E-state index contributed by atoms with van der Waals surface area (Å²) in [5, 5.41) is 0.763. The molecular weight excluding hydrogens is 358 g/mol. The molecule has 0 aliphatic carbocycles. The summed E-state index contributed by atoms with van der Waals surface area (Å²) in [6, 6.07) is 23.9. The molecule has 4 heteroatoms. The molecule has 0 saturated heterocycles. The first-order valence-electron chi connectivity index (χ1n) is 9.92. The molecule has 0 unspecified atom stereocenters. The molecule has 0 saturated carbocycles. The Labute approximate surface area is 168 Å². The molecule has 1 N–H and O–H groups in total. The zero-order valence-electron chi connectivity index (χ0n) is 16.2. The molecule has 0 bridgehead atoms. The Morgan fingerprint density at radius 2 is 1.76 bits per heavy atom. The third kappa shape index (κ3) is 2.93. The van der Waals surface area contributed by atoms with Crippen molar-refractivity contribution < 1.29 is 0 Å². The average Bonchev–Trinajstić information content (AvgIpc) is 3.09. The van der Waals surface area contributed by atoms with E-state index in [4.69, 9.17) is 0 Å². The van der Waals surface area contributed by atoms with E-state index in [1.807, 2.05) is 36.4 Å². The molecule has 142 valence electrons. The van der Waals surface area contributed by atoms with E-state index in [1.165, 1.54) is 0 Å². The number of benzene rings is 2. The van der Waals surface area contributed by atoms with Crippen molar-refractivity contribution in [1.82, 2.24) is 14.5 Å². The van der Waals surface area contributed by atoms with Gasteiger partial charge in [0.25, 0.3) is 0 Å². The molecule has 0 spiro atoms. The van der Waals surface area contributed by atoms with Crippen LogP contribution in [0.5, 0.6) is 0 Å². The maximum Gasteiger partial charge on any atom is 0.190 e. The highest BCUT2D eigenvalue weighted by atomic mass is 16.1. The molecule has 0 amide bonds. The summed E-state index contributed by atoms with van der Waals surface area (Å²) < 4.78 is 2.23. The van der Waals surface area contributed by atoms with E-state index >= 15 is 0 Å². The second-order valence-electron chi connectivity index (χ2n) is 7.23. The van der Waals surface area contributed by atoms with Crippen molar-refractivity contribution in [2.45, 2.75) is 19.9 Å². The minimum atomic E-state index is 0.0537. The minimum absolute atomic E-state index is 0.0537. The fraction of sp³-hybridized carbons (Fsp3) is 0.120. The van der Waals surface area contributed by atoms with Crippen LogP contribution in [0.2, 0.25) is 0 Å². The summed E-state index contributed by atoms with van der Waals surface area (Å²) in [6.07, 6.45) is 2.81.